The average molecular weight is 405 g/mol. The smallest absolute Gasteiger partial charge is 0.269 e. The first-order valence-electron chi connectivity index (χ1n) is 8.88. The molecule has 3 rings (SSSR count). The number of anilines is 1. The van der Waals surface area contributed by atoms with E-state index >= 15 is 0 Å². The van der Waals surface area contributed by atoms with Gasteiger partial charge < -0.3 is 9.47 Å². The minimum atomic E-state index is -0.471. The number of para-hydroxylation sites is 1. The first kappa shape index (κ1) is 20.5. The maximum Gasteiger partial charge on any atom is 0.269 e. The molecule has 0 fully saturated rings. The van der Waals surface area contributed by atoms with Gasteiger partial charge in [0.25, 0.3) is 5.69 Å². The number of hydrogen-bond acceptors (Lipinski definition) is 7. The summed E-state index contributed by atoms with van der Waals surface area (Å²) in [7, 11) is 3.09. The summed E-state index contributed by atoms with van der Waals surface area (Å²) in [5, 5.41) is 23.5. The molecule has 0 spiro atoms. The molecule has 30 heavy (non-hydrogen) atoms. The summed E-state index contributed by atoms with van der Waals surface area (Å²) in [6.07, 6.45) is 0. The Bertz CT molecular complexity index is 1070. The van der Waals surface area contributed by atoms with Crippen molar-refractivity contribution in [1.29, 1.82) is 0 Å². The number of nitro groups is 1. The minimum absolute atomic E-state index is 0.0199. The predicted molar refractivity (Wildman–Crippen MR) is 114 cm³/mol. The van der Waals surface area contributed by atoms with Crippen LogP contribution in [0.15, 0.2) is 88.1 Å². The molecule has 152 valence electrons. The summed E-state index contributed by atoms with van der Waals surface area (Å²) in [6.45, 7) is 0. The fraction of sp³-hybridized carbons (Fsp3) is 0.0952. The van der Waals surface area contributed by atoms with Gasteiger partial charge >= 0.3 is 0 Å². The van der Waals surface area contributed by atoms with Crippen LogP contribution >= 0.6 is 0 Å². The molecule has 3 aromatic rings. The van der Waals surface area contributed by atoms with Gasteiger partial charge in [-0.15, -0.1) is 10.2 Å². The zero-order chi connectivity index (χ0) is 21.3. The number of hydrazone groups is 1. The van der Waals surface area contributed by atoms with E-state index in [1.54, 1.807) is 32.4 Å². The lowest BCUT2D eigenvalue weighted by molar-refractivity contribution is -0.384. The number of methoxy groups -OCH3 is 2. The number of ether oxygens (including phenoxy) is 2. The van der Waals surface area contributed by atoms with Crippen LogP contribution in [0.1, 0.15) is 5.56 Å². The zero-order valence-corrected chi connectivity index (χ0v) is 16.4. The van der Waals surface area contributed by atoms with Gasteiger partial charge in [-0.05, 0) is 42.5 Å². The van der Waals surface area contributed by atoms with Crippen molar-refractivity contribution in [3.05, 3.63) is 88.5 Å². The number of benzene rings is 3. The number of amidine groups is 1. The molecule has 0 saturated heterocycles. The van der Waals surface area contributed by atoms with E-state index in [2.05, 4.69) is 20.8 Å². The van der Waals surface area contributed by atoms with E-state index in [0.29, 0.717) is 22.7 Å². The van der Waals surface area contributed by atoms with Crippen molar-refractivity contribution in [1.82, 2.24) is 0 Å². The van der Waals surface area contributed by atoms with Crippen LogP contribution in [0.3, 0.4) is 0 Å². The van der Waals surface area contributed by atoms with Gasteiger partial charge in [0, 0.05) is 17.7 Å². The topological polar surface area (TPSA) is 111 Å². The third kappa shape index (κ3) is 5.16. The van der Waals surface area contributed by atoms with Gasteiger partial charge in [0.05, 0.1) is 30.5 Å². The van der Waals surface area contributed by atoms with E-state index in [4.69, 9.17) is 9.47 Å². The highest BCUT2D eigenvalue weighted by molar-refractivity contribution is 6.00. The van der Waals surface area contributed by atoms with Crippen LogP contribution in [-0.4, -0.2) is 25.0 Å². The molecule has 0 aliphatic heterocycles. The van der Waals surface area contributed by atoms with Gasteiger partial charge in [0.15, 0.2) is 11.5 Å². The molecule has 0 heterocycles. The molecule has 0 atom stereocenters. The van der Waals surface area contributed by atoms with E-state index < -0.39 is 4.92 Å². The van der Waals surface area contributed by atoms with Crippen LogP contribution < -0.4 is 14.9 Å². The fourth-order valence-electron chi connectivity index (χ4n) is 2.50. The Morgan fingerprint density at radius 1 is 0.933 bits per heavy atom. The highest BCUT2D eigenvalue weighted by Crippen LogP contribution is 2.28. The molecule has 0 amide bonds. The van der Waals surface area contributed by atoms with Gasteiger partial charge in [-0.2, -0.15) is 5.10 Å². The standard InChI is InChI=1S/C21H19N5O4/c1-29-19-13-8-15(14-20(19)30-2)21(24-22-16-6-4-3-5-7-16)25-23-17-9-11-18(12-10-17)26(27)28/h3-14,22H,1-2H3/b24-21+,25-23+. The molecule has 0 bridgehead atoms. The number of nitrogens with zero attached hydrogens (tertiary/aromatic N) is 4. The Balaban J connectivity index is 1.93. The Kier molecular flexibility index (Phi) is 6.67. The molecule has 0 radical (unpaired) electrons. The molecule has 9 heteroatoms. The lowest BCUT2D eigenvalue weighted by atomic mass is 10.2. The summed E-state index contributed by atoms with van der Waals surface area (Å²) in [6, 6.07) is 20.4. The van der Waals surface area contributed by atoms with Crippen molar-refractivity contribution in [3.8, 4) is 11.5 Å². The quantitative estimate of drug-likeness (QED) is 0.192. The number of rotatable bonds is 7. The number of non-ortho nitro benzene ring substituents is 1. The molecule has 1 N–H and O–H groups in total. The van der Waals surface area contributed by atoms with Crippen molar-refractivity contribution in [2.75, 3.05) is 19.6 Å². The van der Waals surface area contributed by atoms with Gasteiger partial charge in [-0.25, -0.2) is 0 Å². The fourth-order valence-corrected chi connectivity index (χ4v) is 2.50. The second-order valence-corrected chi connectivity index (χ2v) is 5.96. The minimum Gasteiger partial charge on any atom is -0.493 e. The van der Waals surface area contributed by atoms with Crippen LogP contribution in [-0.2, 0) is 0 Å². The van der Waals surface area contributed by atoms with Crippen LogP contribution in [0, 0.1) is 10.1 Å². The number of nitrogens with one attached hydrogen (secondary N) is 1. The molecular formula is C21H19N5O4. The monoisotopic (exact) mass is 405 g/mol. The molecule has 0 aliphatic rings. The van der Waals surface area contributed by atoms with Crippen molar-refractivity contribution in [2.24, 2.45) is 15.3 Å². The number of azo groups is 1. The molecule has 3 aromatic carbocycles. The predicted octanol–water partition coefficient (Wildman–Crippen LogP) is 5.17. The van der Waals surface area contributed by atoms with Crippen molar-refractivity contribution < 1.29 is 14.4 Å². The van der Waals surface area contributed by atoms with Gasteiger partial charge in [0.2, 0.25) is 5.84 Å². The third-order valence-corrected chi connectivity index (χ3v) is 4.03. The molecule has 0 unspecified atom stereocenters. The van der Waals surface area contributed by atoms with Crippen molar-refractivity contribution in [2.45, 2.75) is 0 Å². The summed E-state index contributed by atoms with van der Waals surface area (Å²) in [5.74, 6) is 1.38. The highest BCUT2D eigenvalue weighted by atomic mass is 16.6. The summed E-state index contributed by atoms with van der Waals surface area (Å²) in [5.41, 5.74) is 4.79. The van der Waals surface area contributed by atoms with Crippen LogP contribution in [0.4, 0.5) is 17.1 Å². The van der Waals surface area contributed by atoms with Gasteiger partial charge in [0.1, 0.15) is 0 Å². The van der Waals surface area contributed by atoms with E-state index in [1.807, 2.05) is 30.3 Å². The zero-order valence-electron chi connectivity index (χ0n) is 16.4. The Morgan fingerprint density at radius 3 is 2.27 bits per heavy atom. The largest absolute Gasteiger partial charge is 0.493 e. The average Bonchev–Trinajstić information content (AvgIpc) is 2.79. The summed E-state index contributed by atoms with van der Waals surface area (Å²) >= 11 is 0. The third-order valence-electron chi connectivity index (χ3n) is 4.03. The maximum atomic E-state index is 10.8. The maximum absolute atomic E-state index is 10.8. The van der Waals surface area contributed by atoms with E-state index in [-0.39, 0.29) is 11.5 Å². The summed E-state index contributed by atoms with van der Waals surface area (Å²) in [4.78, 5) is 10.3. The first-order valence-corrected chi connectivity index (χ1v) is 8.88. The lowest BCUT2D eigenvalue weighted by Gasteiger charge is -2.09. The van der Waals surface area contributed by atoms with Crippen LogP contribution in [0.5, 0.6) is 11.5 Å². The van der Waals surface area contributed by atoms with Crippen LogP contribution in [0.25, 0.3) is 0 Å². The van der Waals surface area contributed by atoms with Gasteiger partial charge in [-0.3, -0.25) is 15.5 Å². The second kappa shape index (κ2) is 9.78. The molecule has 0 saturated carbocycles. The van der Waals surface area contributed by atoms with E-state index in [9.17, 15) is 10.1 Å². The SMILES string of the molecule is COc1ccc(C(/N=N/c2ccc([N+](=O)[O-])cc2)=N\Nc2ccccc2)cc1OC. The number of nitro benzene ring substituents is 1. The molecule has 0 aliphatic carbocycles. The highest BCUT2D eigenvalue weighted by Gasteiger charge is 2.10. The van der Waals surface area contributed by atoms with Crippen LogP contribution in [0.2, 0.25) is 0 Å². The molecular weight excluding hydrogens is 386 g/mol. The second-order valence-electron chi connectivity index (χ2n) is 5.96. The Labute approximate surface area is 172 Å². The van der Waals surface area contributed by atoms with E-state index in [1.165, 1.54) is 24.3 Å². The lowest BCUT2D eigenvalue weighted by Crippen LogP contribution is -2.02. The molecule has 0 aromatic heterocycles. The Morgan fingerprint density at radius 2 is 1.63 bits per heavy atom. The summed E-state index contributed by atoms with van der Waals surface area (Å²) < 4.78 is 10.6. The van der Waals surface area contributed by atoms with Crippen molar-refractivity contribution in [3.63, 3.8) is 0 Å². The first-order chi connectivity index (χ1) is 14.6. The van der Waals surface area contributed by atoms with Crippen molar-refractivity contribution >= 4 is 22.9 Å². The number of hydrogen-bond donors (Lipinski definition) is 1. The molecule has 9 nitrogen and oxygen atoms in total. The van der Waals surface area contributed by atoms with E-state index in [0.717, 1.165) is 5.69 Å². The Hall–Kier alpha value is -4.27. The normalized spacial score (nSPS) is 11.3. The van der Waals surface area contributed by atoms with Gasteiger partial charge in [-0.1, -0.05) is 18.2 Å².